The van der Waals surface area contributed by atoms with Crippen LogP contribution in [0.1, 0.15) is 50.5 Å². The first-order valence-corrected chi connectivity index (χ1v) is 9.60. The largest absolute Gasteiger partial charge is 0.372 e. The zero-order valence-electron chi connectivity index (χ0n) is 16.3. The van der Waals surface area contributed by atoms with E-state index in [9.17, 15) is 4.79 Å². The number of hydrogen-bond donors (Lipinski definition) is 1. The van der Waals surface area contributed by atoms with Gasteiger partial charge in [-0.05, 0) is 69.9 Å². The predicted molar refractivity (Wildman–Crippen MR) is 107 cm³/mol. The quantitative estimate of drug-likeness (QED) is 0.870. The monoisotopic (exact) mass is 354 g/mol. The molecule has 1 atom stereocenters. The summed E-state index contributed by atoms with van der Waals surface area (Å²) in [5.41, 5.74) is 4.16. The highest BCUT2D eigenvalue weighted by molar-refractivity contribution is 5.91. The van der Waals surface area contributed by atoms with Crippen molar-refractivity contribution in [3.63, 3.8) is 0 Å². The molecule has 1 amide bonds. The van der Waals surface area contributed by atoms with Crippen LogP contribution in [0.15, 0.2) is 30.3 Å². The Kier molecular flexibility index (Phi) is 5.64. The highest BCUT2D eigenvalue weighted by Crippen LogP contribution is 2.24. The molecule has 1 aromatic heterocycles. The highest BCUT2D eigenvalue weighted by atomic mass is 16.1. The lowest BCUT2D eigenvalue weighted by molar-refractivity contribution is -0.116. The molecule has 140 valence electrons. The second-order valence-corrected chi connectivity index (χ2v) is 7.69. The normalized spacial score (nSPS) is 16.5. The number of anilines is 2. The Labute approximate surface area is 156 Å². The second-order valence-electron chi connectivity index (χ2n) is 7.69. The maximum atomic E-state index is 12.4. The van der Waals surface area contributed by atoms with Crippen LogP contribution >= 0.6 is 0 Å². The fourth-order valence-corrected chi connectivity index (χ4v) is 3.68. The van der Waals surface area contributed by atoms with E-state index in [0.717, 1.165) is 36.1 Å². The van der Waals surface area contributed by atoms with Crippen molar-refractivity contribution < 1.29 is 4.79 Å². The van der Waals surface area contributed by atoms with E-state index in [1.807, 2.05) is 43.7 Å². The molecule has 1 aliphatic heterocycles. The lowest BCUT2D eigenvalue weighted by atomic mass is 9.99. The van der Waals surface area contributed by atoms with Gasteiger partial charge in [0.05, 0.1) is 11.7 Å². The molecule has 0 aliphatic carbocycles. The van der Waals surface area contributed by atoms with Gasteiger partial charge in [-0.25, -0.2) is 0 Å². The van der Waals surface area contributed by atoms with E-state index in [1.165, 1.54) is 18.5 Å². The first-order chi connectivity index (χ1) is 12.4. The maximum absolute atomic E-state index is 12.4. The molecular formula is C21H30N4O. The number of nitrogens with zero attached hydrogens (tertiary/aromatic N) is 3. The van der Waals surface area contributed by atoms with Crippen molar-refractivity contribution in [1.82, 2.24) is 9.78 Å². The average Bonchev–Trinajstić information content (AvgIpc) is 2.95. The molecule has 0 spiro atoms. The van der Waals surface area contributed by atoms with E-state index in [0.29, 0.717) is 6.42 Å². The Morgan fingerprint density at radius 1 is 1.23 bits per heavy atom. The summed E-state index contributed by atoms with van der Waals surface area (Å²) in [6.07, 6.45) is 2.92. The topological polar surface area (TPSA) is 50.2 Å². The van der Waals surface area contributed by atoms with Crippen LogP contribution in [0.3, 0.4) is 0 Å². The van der Waals surface area contributed by atoms with Crippen molar-refractivity contribution >= 4 is 17.3 Å². The molecule has 0 radical (unpaired) electrons. The van der Waals surface area contributed by atoms with Crippen LogP contribution in [0.5, 0.6) is 0 Å². The number of nitrogens with one attached hydrogen (secondary N) is 1. The summed E-state index contributed by atoms with van der Waals surface area (Å²) < 4.78 is 1.93. The summed E-state index contributed by atoms with van der Waals surface area (Å²) >= 11 is 0. The van der Waals surface area contributed by atoms with Gasteiger partial charge < -0.3 is 10.2 Å². The van der Waals surface area contributed by atoms with Gasteiger partial charge in [0.15, 0.2) is 0 Å². The SMILES string of the molecule is Cc1cc(C)n(C(C)CC(=O)Nc2ccc(N3CCC(C)CC3)cc2)n1. The first kappa shape index (κ1) is 18.5. The van der Waals surface area contributed by atoms with Crippen LogP contribution < -0.4 is 10.2 Å². The Hall–Kier alpha value is -2.30. The lowest BCUT2D eigenvalue weighted by Crippen LogP contribution is -2.32. The molecule has 26 heavy (non-hydrogen) atoms. The zero-order valence-corrected chi connectivity index (χ0v) is 16.3. The number of benzene rings is 1. The number of carbonyl (C=O) groups excluding carboxylic acids is 1. The maximum Gasteiger partial charge on any atom is 0.226 e. The molecule has 1 unspecified atom stereocenters. The third-order valence-corrected chi connectivity index (χ3v) is 5.24. The third kappa shape index (κ3) is 4.45. The molecule has 1 N–H and O–H groups in total. The van der Waals surface area contributed by atoms with E-state index in [2.05, 4.69) is 34.4 Å². The van der Waals surface area contributed by atoms with E-state index in [1.54, 1.807) is 0 Å². The third-order valence-electron chi connectivity index (χ3n) is 5.24. The summed E-state index contributed by atoms with van der Waals surface area (Å²) in [7, 11) is 0. The van der Waals surface area contributed by atoms with Gasteiger partial charge >= 0.3 is 0 Å². The number of hydrogen-bond acceptors (Lipinski definition) is 3. The highest BCUT2D eigenvalue weighted by Gasteiger charge is 2.17. The lowest BCUT2D eigenvalue weighted by Gasteiger charge is -2.32. The summed E-state index contributed by atoms with van der Waals surface area (Å²) in [6, 6.07) is 10.3. The number of aromatic nitrogens is 2. The van der Waals surface area contributed by atoms with Gasteiger partial charge in [0.25, 0.3) is 0 Å². The van der Waals surface area contributed by atoms with Crippen LogP contribution in [0.2, 0.25) is 0 Å². The Bertz CT molecular complexity index is 742. The fraction of sp³-hybridized carbons (Fsp3) is 0.524. The van der Waals surface area contributed by atoms with E-state index in [-0.39, 0.29) is 11.9 Å². The van der Waals surface area contributed by atoms with Gasteiger partial charge in [0.2, 0.25) is 5.91 Å². The Morgan fingerprint density at radius 3 is 2.46 bits per heavy atom. The molecule has 3 rings (SSSR count). The van der Waals surface area contributed by atoms with Crippen LogP contribution in [-0.4, -0.2) is 28.8 Å². The summed E-state index contributed by atoms with van der Waals surface area (Å²) in [6.45, 7) is 10.6. The molecule has 0 bridgehead atoms. The number of piperidine rings is 1. The van der Waals surface area contributed by atoms with Crippen molar-refractivity contribution in [2.45, 2.75) is 53.0 Å². The minimum atomic E-state index is 0.0181. The smallest absolute Gasteiger partial charge is 0.226 e. The number of aryl methyl sites for hydroxylation is 2. The molecule has 2 heterocycles. The molecule has 1 saturated heterocycles. The van der Waals surface area contributed by atoms with Crippen molar-refractivity contribution in [3.05, 3.63) is 41.7 Å². The minimum Gasteiger partial charge on any atom is -0.372 e. The minimum absolute atomic E-state index is 0.0181. The first-order valence-electron chi connectivity index (χ1n) is 9.60. The van der Waals surface area contributed by atoms with Gasteiger partial charge in [-0.2, -0.15) is 5.10 Å². The number of carbonyl (C=O) groups is 1. The van der Waals surface area contributed by atoms with Crippen molar-refractivity contribution in [3.8, 4) is 0 Å². The molecule has 0 saturated carbocycles. The van der Waals surface area contributed by atoms with E-state index >= 15 is 0 Å². The Morgan fingerprint density at radius 2 is 1.88 bits per heavy atom. The predicted octanol–water partition coefficient (Wildman–Crippen LogP) is 4.33. The summed E-state index contributed by atoms with van der Waals surface area (Å²) in [4.78, 5) is 14.8. The number of rotatable bonds is 5. The zero-order chi connectivity index (χ0) is 18.7. The van der Waals surface area contributed by atoms with Crippen molar-refractivity contribution in [2.75, 3.05) is 23.3 Å². The van der Waals surface area contributed by atoms with Gasteiger partial charge in [0.1, 0.15) is 0 Å². The summed E-state index contributed by atoms with van der Waals surface area (Å²) in [5.74, 6) is 0.846. The fourth-order valence-electron chi connectivity index (χ4n) is 3.68. The summed E-state index contributed by atoms with van der Waals surface area (Å²) in [5, 5.41) is 7.48. The van der Waals surface area contributed by atoms with Crippen molar-refractivity contribution in [1.29, 1.82) is 0 Å². The van der Waals surface area contributed by atoms with Gasteiger partial charge in [-0.3, -0.25) is 9.48 Å². The van der Waals surface area contributed by atoms with Gasteiger partial charge in [0, 0.05) is 36.6 Å². The molecule has 2 aromatic rings. The number of amides is 1. The van der Waals surface area contributed by atoms with Crippen LogP contribution in [0, 0.1) is 19.8 Å². The molecular weight excluding hydrogens is 324 g/mol. The van der Waals surface area contributed by atoms with Crippen LogP contribution in [0.4, 0.5) is 11.4 Å². The average molecular weight is 354 g/mol. The van der Waals surface area contributed by atoms with E-state index < -0.39 is 0 Å². The molecule has 5 heteroatoms. The molecule has 1 aromatic carbocycles. The molecule has 1 fully saturated rings. The van der Waals surface area contributed by atoms with Crippen LogP contribution in [0.25, 0.3) is 0 Å². The molecule has 5 nitrogen and oxygen atoms in total. The van der Waals surface area contributed by atoms with E-state index in [4.69, 9.17) is 0 Å². The van der Waals surface area contributed by atoms with Crippen molar-refractivity contribution in [2.24, 2.45) is 5.92 Å². The van der Waals surface area contributed by atoms with Gasteiger partial charge in [-0.15, -0.1) is 0 Å². The second kappa shape index (κ2) is 7.94. The Balaban J connectivity index is 1.55. The standard InChI is InChI=1S/C21H30N4O/c1-15-9-11-24(12-10-15)20-7-5-19(6-8-20)22-21(26)14-18(4)25-17(3)13-16(2)23-25/h5-8,13,15,18H,9-12,14H2,1-4H3,(H,22,26). The van der Waals surface area contributed by atoms with Crippen LogP contribution in [-0.2, 0) is 4.79 Å². The molecule has 1 aliphatic rings. The van der Waals surface area contributed by atoms with Gasteiger partial charge in [-0.1, -0.05) is 6.92 Å².